The number of rotatable bonds is 5. The number of H-pyrrole nitrogens is 1. The monoisotopic (exact) mass is 443 g/mol. The maximum absolute atomic E-state index is 12.1. The minimum atomic E-state index is -0.0752. The van der Waals surface area contributed by atoms with E-state index in [0.717, 1.165) is 22.4 Å². The van der Waals surface area contributed by atoms with Crippen LogP contribution in [0.4, 0.5) is 0 Å². The average Bonchev–Trinajstić information content (AvgIpc) is 3.43. The molecule has 0 saturated heterocycles. The number of aromatic amines is 1. The fourth-order valence-corrected chi connectivity index (χ4v) is 6.57. The molecule has 0 amide bonds. The summed E-state index contributed by atoms with van der Waals surface area (Å²) < 4.78 is 2.71. The third-order valence-corrected chi connectivity index (χ3v) is 8.69. The largest absolute Gasteiger partial charge is 0.309 e. The van der Waals surface area contributed by atoms with Crippen molar-refractivity contribution in [3.63, 3.8) is 0 Å². The van der Waals surface area contributed by atoms with E-state index < -0.39 is 0 Å². The van der Waals surface area contributed by atoms with Gasteiger partial charge in [-0.1, -0.05) is 25.1 Å². The van der Waals surface area contributed by atoms with Crippen LogP contribution in [-0.2, 0) is 25.6 Å². The molecule has 0 fully saturated rings. The van der Waals surface area contributed by atoms with Crippen molar-refractivity contribution in [1.82, 2.24) is 24.7 Å². The van der Waals surface area contributed by atoms with Gasteiger partial charge in [0.25, 0.3) is 5.56 Å². The molecule has 29 heavy (non-hydrogen) atoms. The first-order chi connectivity index (χ1) is 14.1. The van der Waals surface area contributed by atoms with Crippen LogP contribution >= 0.6 is 34.4 Å². The molecule has 1 N–H and O–H groups in total. The van der Waals surface area contributed by atoms with Crippen molar-refractivity contribution in [3.05, 3.63) is 44.1 Å². The molecule has 150 valence electrons. The normalized spacial score (nSPS) is 16.4. The summed E-state index contributed by atoms with van der Waals surface area (Å²) >= 11 is 4.81. The fraction of sp³-hybridized carbons (Fsp3) is 0.400. The van der Waals surface area contributed by atoms with Crippen LogP contribution in [0.15, 0.2) is 27.5 Å². The highest BCUT2D eigenvalue weighted by molar-refractivity contribution is 7.98. The van der Waals surface area contributed by atoms with Crippen LogP contribution in [0, 0.1) is 5.92 Å². The zero-order valence-electron chi connectivity index (χ0n) is 16.3. The molecule has 0 aliphatic heterocycles. The minimum absolute atomic E-state index is 0.0752. The second-order valence-electron chi connectivity index (χ2n) is 7.38. The molecule has 4 heterocycles. The van der Waals surface area contributed by atoms with Crippen LogP contribution < -0.4 is 5.56 Å². The lowest BCUT2D eigenvalue weighted by Gasteiger charge is -2.19. The van der Waals surface area contributed by atoms with Gasteiger partial charge in [0.15, 0.2) is 11.0 Å². The number of hydrogen-bond acceptors (Lipinski definition) is 7. The quantitative estimate of drug-likeness (QED) is 0.455. The van der Waals surface area contributed by atoms with Crippen LogP contribution in [0.2, 0.25) is 0 Å². The first kappa shape index (κ1) is 19.0. The van der Waals surface area contributed by atoms with E-state index in [1.54, 1.807) is 0 Å². The zero-order valence-corrected chi connectivity index (χ0v) is 18.7. The zero-order chi connectivity index (χ0) is 20.0. The lowest BCUT2D eigenvalue weighted by molar-refractivity contribution is 0.449. The predicted octanol–water partition coefficient (Wildman–Crippen LogP) is 4.65. The summed E-state index contributed by atoms with van der Waals surface area (Å²) in [4.78, 5) is 22.3. The van der Waals surface area contributed by atoms with E-state index in [1.165, 1.54) is 64.1 Å². The average molecular weight is 444 g/mol. The fourth-order valence-electron chi connectivity index (χ4n) is 3.84. The Kier molecular flexibility index (Phi) is 5.05. The number of thioether (sulfide) groups is 1. The number of nitrogens with zero attached hydrogens (tertiary/aromatic N) is 4. The van der Waals surface area contributed by atoms with Gasteiger partial charge in [-0.3, -0.25) is 4.79 Å². The summed E-state index contributed by atoms with van der Waals surface area (Å²) in [5.74, 6) is 2.93. The van der Waals surface area contributed by atoms with Gasteiger partial charge in [-0.15, -0.1) is 32.9 Å². The topological polar surface area (TPSA) is 76.5 Å². The first-order valence-electron chi connectivity index (χ1n) is 9.73. The molecule has 1 atom stereocenters. The van der Waals surface area contributed by atoms with Crippen LogP contribution in [-0.4, -0.2) is 24.7 Å². The van der Waals surface area contributed by atoms with E-state index in [1.807, 2.05) is 34.4 Å². The number of fused-ring (bicyclic) bond motifs is 2. The van der Waals surface area contributed by atoms with E-state index in [2.05, 4.69) is 33.2 Å². The highest BCUT2D eigenvalue weighted by Crippen LogP contribution is 2.38. The number of nitrogens with one attached hydrogen (secondary N) is 1. The second kappa shape index (κ2) is 7.70. The van der Waals surface area contributed by atoms with Crippen molar-refractivity contribution >= 4 is 44.7 Å². The molecule has 1 unspecified atom stereocenters. The van der Waals surface area contributed by atoms with Gasteiger partial charge in [0.2, 0.25) is 0 Å². The van der Waals surface area contributed by atoms with E-state index in [4.69, 9.17) is 0 Å². The summed E-state index contributed by atoms with van der Waals surface area (Å²) in [5.41, 5.74) is 2.17. The Bertz CT molecular complexity index is 1230. The van der Waals surface area contributed by atoms with Gasteiger partial charge >= 0.3 is 0 Å². The Hall–Kier alpha value is -1.97. The molecule has 0 aromatic carbocycles. The standard InChI is InChI=1S/C20H21N5OS3/c1-3-11-4-5-14-12(8-11)9-15(29-14)18-23-24-20(25(18)2)28-10-16-21-13-6-7-27-17(13)19(26)22-16/h6-7,9,11H,3-5,8,10H2,1-2H3,(H,21,22,26). The molecule has 0 bridgehead atoms. The van der Waals surface area contributed by atoms with Gasteiger partial charge in [0, 0.05) is 11.9 Å². The number of aromatic nitrogens is 5. The minimum Gasteiger partial charge on any atom is -0.309 e. The Morgan fingerprint density at radius 3 is 3.14 bits per heavy atom. The van der Waals surface area contributed by atoms with Gasteiger partial charge in [-0.25, -0.2) is 4.98 Å². The molecule has 0 saturated carbocycles. The third kappa shape index (κ3) is 3.55. The Labute approximate surface area is 180 Å². The lowest BCUT2D eigenvalue weighted by Crippen LogP contribution is -2.10. The van der Waals surface area contributed by atoms with Gasteiger partial charge < -0.3 is 9.55 Å². The van der Waals surface area contributed by atoms with Gasteiger partial charge in [-0.05, 0) is 48.3 Å². The van der Waals surface area contributed by atoms with Crippen molar-refractivity contribution in [1.29, 1.82) is 0 Å². The van der Waals surface area contributed by atoms with Crippen LogP contribution in [0.25, 0.3) is 20.9 Å². The Morgan fingerprint density at radius 1 is 1.38 bits per heavy atom. The van der Waals surface area contributed by atoms with Crippen molar-refractivity contribution in [2.75, 3.05) is 0 Å². The van der Waals surface area contributed by atoms with Crippen molar-refractivity contribution in [3.8, 4) is 10.7 Å². The van der Waals surface area contributed by atoms with Gasteiger partial charge in [0.05, 0.1) is 16.1 Å². The molecule has 0 radical (unpaired) electrons. The van der Waals surface area contributed by atoms with Crippen molar-refractivity contribution < 1.29 is 0 Å². The number of aryl methyl sites for hydroxylation is 1. The number of hydrogen-bond donors (Lipinski definition) is 1. The first-order valence-corrected chi connectivity index (χ1v) is 12.4. The molecule has 5 rings (SSSR count). The SMILES string of the molecule is CCC1CCc2sc(-c3nnc(SCc4nc5ccsc5c(=O)[nH]4)n3C)cc2C1. The Morgan fingerprint density at radius 2 is 2.28 bits per heavy atom. The van der Waals surface area contributed by atoms with E-state index in [0.29, 0.717) is 16.3 Å². The van der Waals surface area contributed by atoms with E-state index >= 15 is 0 Å². The highest BCUT2D eigenvalue weighted by Gasteiger charge is 2.22. The van der Waals surface area contributed by atoms with E-state index in [9.17, 15) is 4.79 Å². The van der Waals surface area contributed by atoms with Gasteiger partial charge in [0.1, 0.15) is 10.5 Å². The maximum atomic E-state index is 12.1. The maximum Gasteiger partial charge on any atom is 0.268 e. The summed E-state index contributed by atoms with van der Waals surface area (Å²) in [5, 5.41) is 11.6. The lowest BCUT2D eigenvalue weighted by atomic mass is 9.87. The molecule has 0 spiro atoms. The molecule has 6 nitrogen and oxygen atoms in total. The molecular formula is C20H21N5OS3. The molecule has 4 aromatic rings. The van der Waals surface area contributed by atoms with E-state index in [-0.39, 0.29) is 5.56 Å². The summed E-state index contributed by atoms with van der Waals surface area (Å²) in [6, 6.07) is 4.19. The van der Waals surface area contributed by atoms with Crippen molar-refractivity contribution in [2.45, 2.75) is 43.5 Å². The summed E-state index contributed by atoms with van der Waals surface area (Å²) in [7, 11) is 2.00. The summed E-state index contributed by atoms with van der Waals surface area (Å²) in [6.45, 7) is 2.29. The Balaban J connectivity index is 1.36. The van der Waals surface area contributed by atoms with Crippen LogP contribution in [0.5, 0.6) is 0 Å². The third-order valence-electron chi connectivity index (χ3n) is 5.52. The van der Waals surface area contributed by atoms with Crippen LogP contribution in [0.1, 0.15) is 36.0 Å². The van der Waals surface area contributed by atoms with Crippen LogP contribution in [0.3, 0.4) is 0 Å². The highest BCUT2D eigenvalue weighted by atomic mass is 32.2. The molecule has 4 aromatic heterocycles. The summed E-state index contributed by atoms with van der Waals surface area (Å²) in [6.07, 6.45) is 4.92. The van der Waals surface area contributed by atoms with Crippen molar-refractivity contribution in [2.24, 2.45) is 13.0 Å². The predicted molar refractivity (Wildman–Crippen MR) is 120 cm³/mol. The molecule has 1 aliphatic carbocycles. The smallest absolute Gasteiger partial charge is 0.268 e. The molecule has 1 aliphatic rings. The molecular weight excluding hydrogens is 422 g/mol. The number of thiophene rings is 2. The second-order valence-corrected chi connectivity index (χ2v) is 10.4. The molecule has 9 heteroatoms. The van der Waals surface area contributed by atoms with Gasteiger partial charge in [-0.2, -0.15) is 0 Å².